The van der Waals surface area contributed by atoms with E-state index < -0.39 is 0 Å². The number of halogens is 2. The molecular formula is C10H10Cl2N4. The van der Waals surface area contributed by atoms with Crippen LogP contribution in [0.4, 0.5) is 5.69 Å². The zero-order valence-electron chi connectivity index (χ0n) is 8.83. The Hall–Kier alpha value is -1.26. The van der Waals surface area contributed by atoms with Gasteiger partial charge >= 0.3 is 0 Å². The minimum absolute atomic E-state index is 0.420. The lowest BCUT2D eigenvalue weighted by Gasteiger charge is -2.07. The van der Waals surface area contributed by atoms with E-state index in [1.807, 2.05) is 18.5 Å². The Labute approximate surface area is 103 Å². The van der Waals surface area contributed by atoms with Crippen molar-refractivity contribution in [2.75, 3.05) is 5.73 Å². The van der Waals surface area contributed by atoms with Crippen molar-refractivity contribution in [3.63, 3.8) is 0 Å². The normalized spacial score (nSPS) is 10.8. The van der Waals surface area contributed by atoms with E-state index in [-0.39, 0.29) is 0 Å². The highest BCUT2D eigenvalue weighted by atomic mass is 35.5. The van der Waals surface area contributed by atoms with Crippen molar-refractivity contribution in [1.29, 1.82) is 0 Å². The fraction of sp³-hybridized carbons (Fsp3) is 0.200. The van der Waals surface area contributed by atoms with E-state index in [1.165, 1.54) is 0 Å². The van der Waals surface area contributed by atoms with Gasteiger partial charge in [-0.25, -0.2) is 0 Å². The van der Waals surface area contributed by atoms with Gasteiger partial charge in [-0.3, -0.25) is 0 Å². The Kier molecular flexibility index (Phi) is 2.78. The molecule has 0 spiro atoms. The van der Waals surface area contributed by atoms with E-state index in [9.17, 15) is 0 Å². The molecule has 16 heavy (non-hydrogen) atoms. The maximum absolute atomic E-state index is 5.96. The molecule has 0 aliphatic rings. The molecule has 4 nitrogen and oxygen atoms in total. The molecule has 0 saturated heterocycles. The second-order valence-electron chi connectivity index (χ2n) is 3.48. The Morgan fingerprint density at radius 1 is 1.25 bits per heavy atom. The number of nitrogens with zero attached hydrogens (tertiary/aromatic N) is 3. The Bertz CT molecular complexity index is 548. The molecule has 2 rings (SSSR count). The van der Waals surface area contributed by atoms with Crippen LogP contribution in [0.5, 0.6) is 0 Å². The number of aromatic nitrogens is 3. The molecule has 84 valence electrons. The van der Waals surface area contributed by atoms with Crippen molar-refractivity contribution in [2.45, 2.75) is 6.92 Å². The Morgan fingerprint density at radius 2 is 1.94 bits per heavy atom. The van der Waals surface area contributed by atoms with Gasteiger partial charge in [-0.05, 0) is 19.1 Å². The zero-order valence-corrected chi connectivity index (χ0v) is 10.3. The molecule has 1 heterocycles. The van der Waals surface area contributed by atoms with Gasteiger partial charge in [-0.1, -0.05) is 23.2 Å². The SMILES string of the molecule is Cc1nnc(-c2cc(Cl)cc(Cl)c2N)n1C. The van der Waals surface area contributed by atoms with Gasteiger partial charge in [0.1, 0.15) is 5.82 Å². The fourth-order valence-electron chi connectivity index (χ4n) is 1.41. The van der Waals surface area contributed by atoms with E-state index in [0.717, 1.165) is 5.82 Å². The van der Waals surface area contributed by atoms with Gasteiger partial charge in [0.2, 0.25) is 0 Å². The summed E-state index contributed by atoms with van der Waals surface area (Å²) in [5, 5.41) is 8.95. The lowest BCUT2D eigenvalue weighted by atomic mass is 10.1. The average molecular weight is 257 g/mol. The molecule has 2 N–H and O–H groups in total. The molecule has 6 heteroatoms. The number of anilines is 1. The first kappa shape index (κ1) is 11.2. The molecule has 0 aliphatic carbocycles. The van der Waals surface area contributed by atoms with Crippen LogP contribution in [0.1, 0.15) is 5.82 Å². The van der Waals surface area contributed by atoms with Crippen LogP contribution in [-0.4, -0.2) is 14.8 Å². The predicted octanol–water partition coefficient (Wildman–Crippen LogP) is 2.68. The molecule has 1 aromatic carbocycles. The van der Waals surface area contributed by atoms with Crippen LogP contribution in [0.2, 0.25) is 10.0 Å². The second-order valence-corrected chi connectivity index (χ2v) is 4.32. The van der Waals surface area contributed by atoms with Crippen LogP contribution in [0, 0.1) is 6.92 Å². The first-order valence-electron chi connectivity index (χ1n) is 4.61. The molecule has 0 bridgehead atoms. The Morgan fingerprint density at radius 3 is 2.50 bits per heavy atom. The van der Waals surface area contributed by atoms with Crippen LogP contribution >= 0.6 is 23.2 Å². The van der Waals surface area contributed by atoms with E-state index >= 15 is 0 Å². The van der Waals surface area contributed by atoms with Gasteiger partial charge in [0.05, 0.1) is 10.7 Å². The third kappa shape index (κ3) is 1.74. The van der Waals surface area contributed by atoms with Crippen molar-refractivity contribution in [3.8, 4) is 11.4 Å². The third-order valence-electron chi connectivity index (χ3n) is 2.43. The monoisotopic (exact) mass is 256 g/mol. The Balaban J connectivity index is 2.69. The minimum Gasteiger partial charge on any atom is -0.397 e. The number of nitrogen functional groups attached to an aromatic ring is 1. The first-order valence-corrected chi connectivity index (χ1v) is 5.37. The van der Waals surface area contributed by atoms with E-state index in [1.54, 1.807) is 12.1 Å². The number of nitrogens with two attached hydrogens (primary N) is 1. The number of benzene rings is 1. The topological polar surface area (TPSA) is 56.7 Å². The summed E-state index contributed by atoms with van der Waals surface area (Å²) in [5.41, 5.74) is 7.04. The molecule has 1 aromatic heterocycles. The van der Waals surface area contributed by atoms with E-state index in [2.05, 4.69) is 10.2 Å². The zero-order chi connectivity index (χ0) is 11.9. The highest BCUT2D eigenvalue weighted by Crippen LogP contribution is 2.33. The smallest absolute Gasteiger partial charge is 0.165 e. The molecule has 0 radical (unpaired) electrons. The summed E-state index contributed by atoms with van der Waals surface area (Å²) in [5.74, 6) is 1.45. The quantitative estimate of drug-likeness (QED) is 0.799. The van der Waals surface area contributed by atoms with Gasteiger partial charge < -0.3 is 10.3 Å². The number of hydrogen-bond acceptors (Lipinski definition) is 3. The maximum Gasteiger partial charge on any atom is 0.165 e. The molecule has 0 atom stereocenters. The van der Waals surface area contributed by atoms with Crippen molar-refractivity contribution in [1.82, 2.24) is 14.8 Å². The molecule has 0 saturated carbocycles. The first-order chi connectivity index (χ1) is 7.50. The molecule has 2 aromatic rings. The van der Waals surface area contributed by atoms with Crippen molar-refractivity contribution in [3.05, 3.63) is 28.0 Å². The molecular weight excluding hydrogens is 247 g/mol. The molecule has 0 amide bonds. The predicted molar refractivity (Wildman–Crippen MR) is 65.6 cm³/mol. The van der Waals surface area contributed by atoms with Crippen LogP contribution in [0.25, 0.3) is 11.4 Å². The second kappa shape index (κ2) is 3.96. The summed E-state index contributed by atoms with van der Waals surface area (Å²) in [7, 11) is 1.86. The highest BCUT2D eigenvalue weighted by Gasteiger charge is 2.14. The molecule has 0 fully saturated rings. The highest BCUT2D eigenvalue weighted by molar-refractivity contribution is 6.37. The van der Waals surface area contributed by atoms with Crippen molar-refractivity contribution < 1.29 is 0 Å². The largest absolute Gasteiger partial charge is 0.397 e. The number of rotatable bonds is 1. The molecule has 0 aliphatic heterocycles. The van der Waals surface area contributed by atoms with Gasteiger partial charge in [0.15, 0.2) is 5.82 Å². The summed E-state index contributed by atoms with van der Waals surface area (Å²) >= 11 is 11.9. The van der Waals surface area contributed by atoms with Gasteiger partial charge in [0, 0.05) is 17.6 Å². The summed E-state index contributed by atoms with van der Waals surface area (Å²) in [6.07, 6.45) is 0. The van der Waals surface area contributed by atoms with Crippen molar-refractivity contribution >= 4 is 28.9 Å². The van der Waals surface area contributed by atoms with Crippen LogP contribution in [0.15, 0.2) is 12.1 Å². The van der Waals surface area contributed by atoms with E-state index in [4.69, 9.17) is 28.9 Å². The van der Waals surface area contributed by atoms with Gasteiger partial charge in [0.25, 0.3) is 0 Å². The van der Waals surface area contributed by atoms with Crippen LogP contribution < -0.4 is 5.73 Å². The van der Waals surface area contributed by atoms with Crippen LogP contribution in [-0.2, 0) is 7.05 Å². The van der Waals surface area contributed by atoms with Crippen LogP contribution in [0.3, 0.4) is 0 Å². The summed E-state index contributed by atoms with van der Waals surface area (Å²) in [6.45, 7) is 1.86. The number of hydrogen-bond donors (Lipinski definition) is 1. The summed E-state index contributed by atoms with van der Waals surface area (Å²) in [6, 6.07) is 3.33. The fourth-order valence-corrected chi connectivity index (χ4v) is 1.90. The third-order valence-corrected chi connectivity index (χ3v) is 2.96. The van der Waals surface area contributed by atoms with Crippen molar-refractivity contribution in [2.24, 2.45) is 7.05 Å². The average Bonchev–Trinajstić information content (AvgIpc) is 2.54. The maximum atomic E-state index is 5.96. The lowest BCUT2D eigenvalue weighted by Crippen LogP contribution is -1.99. The minimum atomic E-state index is 0.420. The van der Waals surface area contributed by atoms with Gasteiger partial charge in [-0.15, -0.1) is 10.2 Å². The van der Waals surface area contributed by atoms with E-state index in [0.29, 0.717) is 27.1 Å². The lowest BCUT2D eigenvalue weighted by molar-refractivity contribution is 0.865. The number of aryl methyl sites for hydroxylation is 1. The molecule has 0 unspecified atom stereocenters. The standard InChI is InChI=1S/C10H10Cl2N4/c1-5-14-15-10(16(5)2)7-3-6(11)4-8(12)9(7)13/h3-4H,13H2,1-2H3. The summed E-state index contributed by atoms with van der Waals surface area (Å²) < 4.78 is 1.83. The summed E-state index contributed by atoms with van der Waals surface area (Å²) in [4.78, 5) is 0. The van der Waals surface area contributed by atoms with Gasteiger partial charge in [-0.2, -0.15) is 0 Å².